The second kappa shape index (κ2) is 6.49. The number of rotatable bonds is 4. The second-order valence-electron chi connectivity index (χ2n) is 4.74. The molecule has 1 unspecified atom stereocenters. The minimum absolute atomic E-state index is 0.543. The molecule has 1 aromatic carbocycles. The highest BCUT2D eigenvalue weighted by atomic mass is 16.5. The zero-order chi connectivity index (χ0) is 13.7. The van der Waals surface area contributed by atoms with E-state index in [1.54, 1.807) is 14.2 Å². The molecule has 0 aliphatic carbocycles. The van der Waals surface area contributed by atoms with Crippen LogP contribution in [-0.4, -0.2) is 26.8 Å². The molecule has 1 heterocycles. The lowest BCUT2D eigenvalue weighted by molar-refractivity contribution is 0.395. The number of hydrogen-bond donors (Lipinski definition) is 1. The summed E-state index contributed by atoms with van der Waals surface area (Å²) in [6.45, 7) is 2.94. The zero-order valence-corrected chi connectivity index (χ0v) is 11.9. The molecule has 0 amide bonds. The van der Waals surface area contributed by atoms with Crippen molar-refractivity contribution in [2.45, 2.75) is 32.2 Å². The van der Waals surface area contributed by atoms with Gasteiger partial charge in [-0.25, -0.2) is 0 Å². The topological polar surface area (TPSA) is 30.5 Å². The van der Waals surface area contributed by atoms with Crippen molar-refractivity contribution in [1.29, 1.82) is 0 Å². The maximum Gasteiger partial charge on any atom is 0.135 e. The molecule has 3 nitrogen and oxygen atoms in total. The van der Waals surface area contributed by atoms with Gasteiger partial charge in [0.2, 0.25) is 0 Å². The van der Waals surface area contributed by atoms with Crippen LogP contribution in [-0.2, 0) is 6.42 Å². The number of nitrogens with one attached hydrogen (secondary N) is 1. The molecule has 2 rings (SSSR count). The van der Waals surface area contributed by atoms with Crippen molar-refractivity contribution in [1.82, 2.24) is 5.32 Å². The second-order valence-corrected chi connectivity index (χ2v) is 4.74. The largest absolute Gasteiger partial charge is 0.496 e. The van der Waals surface area contributed by atoms with Gasteiger partial charge in [-0.05, 0) is 50.4 Å². The Morgan fingerprint density at radius 3 is 2.63 bits per heavy atom. The van der Waals surface area contributed by atoms with Crippen molar-refractivity contribution in [2.24, 2.45) is 0 Å². The van der Waals surface area contributed by atoms with Gasteiger partial charge in [-0.1, -0.05) is 5.92 Å². The van der Waals surface area contributed by atoms with Crippen molar-refractivity contribution in [3.63, 3.8) is 0 Å². The Kier molecular flexibility index (Phi) is 4.70. The molecule has 0 spiro atoms. The Bertz CT molecular complexity index is 493. The van der Waals surface area contributed by atoms with E-state index in [0.29, 0.717) is 6.04 Å². The Morgan fingerprint density at radius 2 is 2.05 bits per heavy atom. The molecule has 0 bridgehead atoms. The molecule has 1 atom stereocenters. The standard InChI is InChI=1S/C16H21NO2/c1-4-6-12-10-16(19-3)13(11-15(12)18-2)9-14-7-5-8-17-14/h10-11,14,17H,5,7-9H2,1-3H3. The van der Waals surface area contributed by atoms with Gasteiger partial charge in [0.05, 0.1) is 19.8 Å². The first-order chi connectivity index (χ1) is 9.28. The summed E-state index contributed by atoms with van der Waals surface area (Å²) < 4.78 is 10.9. The van der Waals surface area contributed by atoms with Crippen LogP contribution in [0.3, 0.4) is 0 Å². The van der Waals surface area contributed by atoms with E-state index in [2.05, 4.69) is 23.2 Å². The van der Waals surface area contributed by atoms with E-state index in [9.17, 15) is 0 Å². The first-order valence-electron chi connectivity index (χ1n) is 6.69. The predicted molar refractivity (Wildman–Crippen MR) is 76.8 cm³/mol. The third-order valence-electron chi connectivity index (χ3n) is 3.49. The van der Waals surface area contributed by atoms with Crippen LogP contribution >= 0.6 is 0 Å². The van der Waals surface area contributed by atoms with Crippen LogP contribution in [0.4, 0.5) is 0 Å². The summed E-state index contributed by atoms with van der Waals surface area (Å²) in [5.41, 5.74) is 2.06. The number of benzene rings is 1. The van der Waals surface area contributed by atoms with Crippen molar-refractivity contribution in [3.05, 3.63) is 23.3 Å². The van der Waals surface area contributed by atoms with E-state index in [4.69, 9.17) is 9.47 Å². The molecule has 102 valence electrons. The van der Waals surface area contributed by atoms with Gasteiger partial charge in [0.1, 0.15) is 11.5 Å². The van der Waals surface area contributed by atoms with Crippen molar-refractivity contribution in [2.75, 3.05) is 20.8 Å². The molecule has 3 heteroatoms. The smallest absolute Gasteiger partial charge is 0.135 e. The minimum atomic E-state index is 0.543. The minimum Gasteiger partial charge on any atom is -0.496 e. The van der Waals surface area contributed by atoms with Gasteiger partial charge in [0, 0.05) is 6.04 Å². The molecule has 19 heavy (non-hydrogen) atoms. The highest BCUT2D eigenvalue weighted by Crippen LogP contribution is 2.30. The summed E-state index contributed by atoms with van der Waals surface area (Å²) in [5, 5.41) is 3.51. The Balaban J connectivity index is 2.31. The highest BCUT2D eigenvalue weighted by Gasteiger charge is 2.18. The summed E-state index contributed by atoms with van der Waals surface area (Å²) >= 11 is 0. The molecule has 1 saturated heterocycles. The van der Waals surface area contributed by atoms with Gasteiger partial charge in [0.15, 0.2) is 0 Å². The fourth-order valence-electron chi connectivity index (χ4n) is 2.55. The first-order valence-corrected chi connectivity index (χ1v) is 6.69. The predicted octanol–water partition coefficient (Wildman–Crippen LogP) is 2.37. The quantitative estimate of drug-likeness (QED) is 0.842. The summed E-state index contributed by atoms with van der Waals surface area (Å²) in [7, 11) is 3.39. The maximum absolute atomic E-state index is 5.49. The van der Waals surface area contributed by atoms with E-state index < -0.39 is 0 Å². The van der Waals surface area contributed by atoms with E-state index >= 15 is 0 Å². The van der Waals surface area contributed by atoms with E-state index in [1.807, 2.05) is 13.0 Å². The fourth-order valence-corrected chi connectivity index (χ4v) is 2.55. The normalized spacial score (nSPS) is 17.7. The Labute approximate surface area is 115 Å². The van der Waals surface area contributed by atoms with Gasteiger partial charge in [-0.15, -0.1) is 5.92 Å². The number of methoxy groups -OCH3 is 2. The summed E-state index contributed by atoms with van der Waals surface area (Å²) in [4.78, 5) is 0. The van der Waals surface area contributed by atoms with Crippen LogP contribution in [0.15, 0.2) is 12.1 Å². The van der Waals surface area contributed by atoms with Crippen LogP contribution in [0.2, 0.25) is 0 Å². The number of ether oxygens (including phenoxy) is 2. The van der Waals surface area contributed by atoms with Crippen molar-refractivity contribution >= 4 is 0 Å². The maximum atomic E-state index is 5.49. The molecule has 1 aliphatic rings. The number of hydrogen-bond acceptors (Lipinski definition) is 3. The zero-order valence-electron chi connectivity index (χ0n) is 11.9. The average Bonchev–Trinajstić information content (AvgIpc) is 2.93. The van der Waals surface area contributed by atoms with Crippen LogP contribution in [0.1, 0.15) is 30.9 Å². The molecular weight excluding hydrogens is 238 g/mol. The molecule has 0 radical (unpaired) electrons. The Hall–Kier alpha value is -1.66. The van der Waals surface area contributed by atoms with E-state index in [1.165, 1.54) is 18.4 Å². The highest BCUT2D eigenvalue weighted by molar-refractivity contribution is 5.54. The third-order valence-corrected chi connectivity index (χ3v) is 3.49. The molecule has 1 fully saturated rings. The lowest BCUT2D eigenvalue weighted by Crippen LogP contribution is -2.23. The van der Waals surface area contributed by atoms with E-state index in [0.717, 1.165) is 30.0 Å². The molecular formula is C16H21NO2. The summed E-state index contributed by atoms with van der Waals surface area (Å²) in [6.07, 6.45) is 3.45. The molecule has 1 aliphatic heterocycles. The monoisotopic (exact) mass is 259 g/mol. The molecule has 0 saturated carbocycles. The van der Waals surface area contributed by atoms with Gasteiger partial charge in [-0.3, -0.25) is 0 Å². The third kappa shape index (κ3) is 3.21. The van der Waals surface area contributed by atoms with Crippen molar-refractivity contribution in [3.8, 4) is 23.3 Å². The molecule has 0 aromatic heterocycles. The van der Waals surface area contributed by atoms with Gasteiger partial charge in [-0.2, -0.15) is 0 Å². The SMILES string of the molecule is CC#Cc1cc(OC)c(CC2CCCN2)cc1OC. The van der Waals surface area contributed by atoms with Crippen LogP contribution in [0, 0.1) is 11.8 Å². The van der Waals surface area contributed by atoms with Crippen molar-refractivity contribution < 1.29 is 9.47 Å². The van der Waals surface area contributed by atoms with Crippen LogP contribution in [0.5, 0.6) is 11.5 Å². The fraction of sp³-hybridized carbons (Fsp3) is 0.500. The van der Waals surface area contributed by atoms with Gasteiger partial charge in [0.25, 0.3) is 0 Å². The van der Waals surface area contributed by atoms with Gasteiger partial charge < -0.3 is 14.8 Å². The average molecular weight is 259 g/mol. The molecule has 1 N–H and O–H groups in total. The lowest BCUT2D eigenvalue weighted by Gasteiger charge is -2.15. The Morgan fingerprint density at radius 1 is 1.26 bits per heavy atom. The van der Waals surface area contributed by atoms with Crippen LogP contribution in [0.25, 0.3) is 0 Å². The molecule has 1 aromatic rings. The van der Waals surface area contributed by atoms with Gasteiger partial charge >= 0.3 is 0 Å². The first kappa shape index (κ1) is 13.8. The van der Waals surface area contributed by atoms with E-state index in [-0.39, 0.29) is 0 Å². The summed E-state index contributed by atoms with van der Waals surface area (Å²) in [5.74, 6) is 7.67. The lowest BCUT2D eigenvalue weighted by atomic mass is 10.0. The summed E-state index contributed by atoms with van der Waals surface area (Å²) in [6, 6.07) is 4.57. The van der Waals surface area contributed by atoms with Crippen LogP contribution < -0.4 is 14.8 Å².